The predicted molar refractivity (Wildman–Crippen MR) is 165 cm³/mol. The minimum absolute atomic E-state index is 0.0167. The maximum absolute atomic E-state index is 12.9. The van der Waals surface area contributed by atoms with Gasteiger partial charge in [0.15, 0.2) is 5.76 Å². The fourth-order valence-electron chi connectivity index (χ4n) is 6.16. The highest BCUT2D eigenvalue weighted by molar-refractivity contribution is 5.96. The van der Waals surface area contributed by atoms with Crippen LogP contribution in [0.15, 0.2) is 77.2 Å². The van der Waals surface area contributed by atoms with Crippen LogP contribution in [0.2, 0.25) is 0 Å². The van der Waals surface area contributed by atoms with E-state index in [0.29, 0.717) is 42.4 Å². The molecular weight excluding hydrogens is 581 g/mol. The number of amides is 1. The number of furan rings is 1. The number of rotatable bonds is 8. The van der Waals surface area contributed by atoms with Crippen LogP contribution in [0.3, 0.4) is 0 Å². The zero-order valence-corrected chi connectivity index (χ0v) is 24.9. The average molecular weight is 617 g/mol. The number of piperidine rings is 2. The molecule has 2 aliphatic rings. The number of likely N-dealkylation sites (tertiary alicyclic amines) is 1. The van der Waals surface area contributed by atoms with Crippen molar-refractivity contribution in [1.29, 1.82) is 5.26 Å². The SMILES string of the molecule is N#Cc1cccc(CN2CCC(CNC(=O)c3cc4cc(OC5CCN(c6ccc(C(F)(F)F)cc6)CC5)ccc4o3)CC2)c1. The largest absolute Gasteiger partial charge is 0.490 e. The molecule has 0 unspecified atom stereocenters. The molecule has 4 aromatic rings. The van der Waals surface area contributed by atoms with E-state index in [0.717, 1.165) is 74.1 Å². The van der Waals surface area contributed by atoms with Crippen molar-refractivity contribution in [3.63, 3.8) is 0 Å². The molecule has 0 bridgehead atoms. The first-order valence-electron chi connectivity index (χ1n) is 15.4. The van der Waals surface area contributed by atoms with Crippen molar-refractivity contribution >= 4 is 22.6 Å². The van der Waals surface area contributed by atoms with Crippen molar-refractivity contribution in [2.45, 2.75) is 44.5 Å². The standard InChI is InChI=1S/C35H35F3N4O3/c36-35(37,38)28-4-6-29(7-5-28)42-16-12-30(13-17-42)44-31-8-9-32-27(19-31)20-33(45-32)34(43)40-22-24-10-14-41(15-11-24)23-26-3-1-2-25(18-26)21-39/h1-9,18-20,24,30H,10-17,22-23H2,(H,40,43). The van der Waals surface area contributed by atoms with Gasteiger partial charge >= 0.3 is 6.18 Å². The van der Waals surface area contributed by atoms with Crippen molar-refractivity contribution in [2.75, 3.05) is 37.6 Å². The molecule has 1 N–H and O–H groups in total. The number of nitrogens with one attached hydrogen (secondary N) is 1. The molecule has 0 atom stereocenters. The number of hydrogen-bond acceptors (Lipinski definition) is 6. The van der Waals surface area contributed by atoms with Gasteiger partial charge in [-0.05, 0) is 98.1 Å². The highest BCUT2D eigenvalue weighted by Crippen LogP contribution is 2.32. The number of halogens is 3. The number of alkyl halides is 3. The Morgan fingerprint density at radius 3 is 2.42 bits per heavy atom. The van der Waals surface area contributed by atoms with Crippen LogP contribution in [-0.4, -0.2) is 49.6 Å². The van der Waals surface area contributed by atoms with E-state index in [1.54, 1.807) is 12.1 Å². The number of anilines is 1. The molecule has 0 spiro atoms. The minimum atomic E-state index is -4.34. The number of nitrogens with zero attached hydrogens (tertiary/aromatic N) is 3. The van der Waals surface area contributed by atoms with E-state index in [-0.39, 0.29) is 17.8 Å². The Bertz CT molecular complexity index is 1660. The van der Waals surface area contributed by atoms with E-state index in [1.807, 2.05) is 36.4 Å². The lowest BCUT2D eigenvalue weighted by molar-refractivity contribution is -0.137. The fourth-order valence-corrected chi connectivity index (χ4v) is 6.16. The van der Waals surface area contributed by atoms with Gasteiger partial charge in [0.2, 0.25) is 0 Å². The van der Waals surface area contributed by atoms with Crippen LogP contribution in [0.1, 0.15) is 52.9 Å². The van der Waals surface area contributed by atoms with Gasteiger partial charge in [-0.15, -0.1) is 0 Å². The van der Waals surface area contributed by atoms with Gasteiger partial charge < -0.3 is 19.4 Å². The third-order valence-corrected chi connectivity index (χ3v) is 8.74. The molecule has 2 saturated heterocycles. The Morgan fingerprint density at radius 1 is 0.956 bits per heavy atom. The first-order chi connectivity index (χ1) is 21.7. The van der Waals surface area contributed by atoms with Crippen molar-refractivity contribution in [3.8, 4) is 11.8 Å². The highest BCUT2D eigenvalue weighted by atomic mass is 19.4. The molecule has 1 amide bonds. The molecule has 0 saturated carbocycles. The normalized spacial score (nSPS) is 16.9. The van der Waals surface area contributed by atoms with Crippen molar-refractivity contribution in [2.24, 2.45) is 5.92 Å². The van der Waals surface area contributed by atoms with E-state index in [1.165, 1.54) is 12.1 Å². The van der Waals surface area contributed by atoms with Crippen LogP contribution >= 0.6 is 0 Å². The second-order valence-electron chi connectivity index (χ2n) is 11.9. The van der Waals surface area contributed by atoms with Crippen molar-refractivity contribution in [1.82, 2.24) is 10.2 Å². The van der Waals surface area contributed by atoms with Gasteiger partial charge in [0.25, 0.3) is 5.91 Å². The third-order valence-electron chi connectivity index (χ3n) is 8.74. The van der Waals surface area contributed by atoms with Gasteiger partial charge in [0, 0.05) is 50.1 Å². The van der Waals surface area contributed by atoms with Gasteiger partial charge in [-0.3, -0.25) is 9.69 Å². The first kappa shape index (κ1) is 30.5. The lowest BCUT2D eigenvalue weighted by atomic mass is 9.96. The monoisotopic (exact) mass is 616 g/mol. The van der Waals surface area contributed by atoms with Crippen molar-refractivity contribution in [3.05, 3.63) is 95.2 Å². The average Bonchev–Trinajstić information content (AvgIpc) is 3.48. The maximum Gasteiger partial charge on any atom is 0.416 e. The Morgan fingerprint density at radius 2 is 1.71 bits per heavy atom. The second-order valence-corrected chi connectivity index (χ2v) is 11.9. The summed E-state index contributed by atoms with van der Waals surface area (Å²) in [6.07, 6.45) is -0.897. The molecule has 3 heterocycles. The molecule has 0 radical (unpaired) electrons. The third kappa shape index (κ3) is 7.60. The topological polar surface area (TPSA) is 81.7 Å². The summed E-state index contributed by atoms with van der Waals surface area (Å²) < 4.78 is 50.7. The summed E-state index contributed by atoms with van der Waals surface area (Å²) in [5, 5.41) is 13.0. The van der Waals surface area contributed by atoms with Crippen molar-refractivity contribution < 1.29 is 27.1 Å². The summed E-state index contributed by atoms with van der Waals surface area (Å²) in [6, 6.07) is 22.5. The maximum atomic E-state index is 12.9. The number of carbonyl (C=O) groups is 1. The smallest absolute Gasteiger partial charge is 0.416 e. The number of carbonyl (C=O) groups excluding carboxylic acids is 1. The second kappa shape index (κ2) is 13.2. The van der Waals surface area contributed by atoms with Crippen LogP contribution in [0.25, 0.3) is 11.0 Å². The van der Waals surface area contributed by atoms with Gasteiger partial charge in [0.05, 0.1) is 17.2 Å². The lowest BCUT2D eigenvalue weighted by Crippen LogP contribution is -2.38. The Kier molecular flexibility index (Phi) is 8.99. The van der Waals surface area contributed by atoms with Gasteiger partial charge in [0.1, 0.15) is 17.4 Å². The number of nitriles is 1. The molecule has 6 rings (SSSR count). The van der Waals surface area contributed by atoms with Crippen LogP contribution in [0.4, 0.5) is 18.9 Å². The van der Waals surface area contributed by atoms with E-state index in [4.69, 9.17) is 14.4 Å². The quantitative estimate of drug-likeness (QED) is 0.229. The highest BCUT2D eigenvalue weighted by Gasteiger charge is 2.30. The Balaban J connectivity index is 0.957. The number of ether oxygens (including phenoxy) is 1. The molecule has 2 fully saturated rings. The molecule has 1 aromatic heterocycles. The van der Waals surface area contributed by atoms with E-state index < -0.39 is 11.7 Å². The van der Waals surface area contributed by atoms with Crippen LogP contribution in [0.5, 0.6) is 5.75 Å². The zero-order chi connectivity index (χ0) is 31.4. The summed E-state index contributed by atoms with van der Waals surface area (Å²) >= 11 is 0. The van der Waals surface area contributed by atoms with Crippen LogP contribution in [0, 0.1) is 17.2 Å². The van der Waals surface area contributed by atoms with E-state index in [2.05, 4.69) is 21.2 Å². The molecule has 3 aromatic carbocycles. The molecule has 234 valence electrons. The van der Waals surface area contributed by atoms with Crippen LogP contribution < -0.4 is 15.0 Å². The first-order valence-corrected chi connectivity index (χ1v) is 15.4. The summed E-state index contributed by atoms with van der Waals surface area (Å²) in [7, 11) is 0. The van der Waals surface area contributed by atoms with Gasteiger partial charge in [-0.25, -0.2) is 0 Å². The summed E-state index contributed by atoms with van der Waals surface area (Å²) in [6.45, 7) is 4.67. The number of fused-ring (bicyclic) bond motifs is 1. The summed E-state index contributed by atoms with van der Waals surface area (Å²) in [5.41, 5.74) is 2.56. The predicted octanol–water partition coefficient (Wildman–Crippen LogP) is 7.01. The summed E-state index contributed by atoms with van der Waals surface area (Å²) in [5.74, 6) is 1.11. The number of hydrogen-bond donors (Lipinski definition) is 1. The minimum Gasteiger partial charge on any atom is -0.490 e. The van der Waals surface area contributed by atoms with Gasteiger partial charge in [-0.1, -0.05) is 12.1 Å². The molecule has 7 nitrogen and oxygen atoms in total. The molecule has 2 aliphatic heterocycles. The number of benzene rings is 3. The Labute approximate surface area is 260 Å². The summed E-state index contributed by atoms with van der Waals surface area (Å²) in [4.78, 5) is 17.4. The van der Waals surface area contributed by atoms with E-state index in [9.17, 15) is 18.0 Å². The van der Waals surface area contributed by atoms with Gasteiger partial charge in [-0.2, -0.15) is 18.4 Å². The zero-order valence-electron chi connectivity index (χ0n) is 24.9. The lowest BCUT2D eigenvalue weighted by Gasteiger charge is -2.33. The Hall–Kier alpha value is -4.49. The van der Waals surface area contributed by atoms with E-state index >= 15 is 0 Å². The fraction of sp³-hybridized carbons (Fsp3) is 0.371. The molecule has 10 heteroatoms. The molecule has 45 heavy (non-hydrogen) atoms. The molecule has 0 aliphatic carbocycles. The van der Waals surface area contributed by atoms with Crippen LogP contribution in [-0.2, 0) is 12.7 Å². The molecular formula is C35H35F3N4O3.